The average Bonchev–Trinajstić information content (AvgIpc) is 2.77. The summed E-state index contributed by atoms with van der Waals surface area (Å²) >= 11 is 0. The van der Waals surface area contributed by atoms with Gasteiger partial charge in [-0.3, -0.25) is 9.79 Å². The van der Waals surface area contributed by atoms with E-state index in [1.165, 1.54) is 18.3 Å². The Morgan fingerprint density at radius 2 is 1.59 bits per heavy atom. The number of carboxylic acid groups (broad SMARTS) is 1. The van der Waals surface area contributed by atoms with Gasteiger partial charge in [0.2, 0.25) is 5.91 Å². The van der Waals surface area contributed by atoms with E-state index in [0.29, 0.717) is 11.3 Å². The second-order valence-corrected chi connectivity index (χ2v) is 6.88. The summed E-state index contributed by atoms with van der Waals surface area (Å²) in [6, 6.07) is 20.2. The van der Waals surface area contributed by atoms with Crippen LogP contribution < -0.4 is 40.0 Å². The SMILES string of the molecule is O=C(Cc1ccccc1)N[C@H](C(=O)[O-])[C@@H](O)c1ccc(N=Cc2ccccc2O)cc1.[Na+]. The maximum atomic E-state index is 12.2. The van der Waals surface area contributed by atoms with Crippen molar-refractivity contribution in [3.05, 3.63) is 95.6 Å². The minimum absolute atomic E-state index is 0. The Hall–Kier alpha value is -2.97. The standard InChI is InChI=1S/C24H22N2O5.Na/c27-20-9-5-4-8-18(20)15-25-19-12-10-17(11-13-19)23(29)22(24(30)31)26-21(28)14-16-6-2-1-3-7-16;/h1-13,15,22-23,27,29H,14H2,(H,26,28)(H,30,31);/q;+1/p-1/t22-,23-;/m0./s1. The topological polar surface area (TPSA) is 122 Å². The average molecular weight is 440 g/mol. The van der Waals surface area contributed by atoms with Crippen molar-refractivity contribution in [3.63, 3.8) is 0 Å². The number of aliphatic imine (C=N–C) groups is 1. The van der Waals surface area contributed by atoms with Gasteiger partial charge in [-0.05, 0) is 35.4 Å². The molecule has 3 aromatic rings. The van der Waals surface area contributed by atoms with Gasteiger partial charge in [-0.1, -0.05) is 54.6 Å². The molecular weight excluding hydrogens is 419 g/mol. The Bertz CT molecular complexity index is 1070. The Balaban J connectivity index is 0.00000363. The van der Waals surface area contributed by atoms with E-state index in [9.17, 15) is 24.9 Å². The van der Waals surface area contributed by atoms with Gasteiger partial charge in [0.25, 0.3) is 0 Å². The number of nitrogens with one attached hydrogen (secondary N) is 1. The van der Waals surface area contributed by atoms with Gasteiger partial charge < -0.3 is 25.4 Å². The number of aromatic hydroxyl groups is 1. The molecule has 0 saturated carbocycles. The summed E-state index contributed by atoms with van der Waals surface area (Å²) in [5.41, 5.74) is 2.09. The first kappa shape index (κ1) is 25.3. The van der Waals surface area contributed by atoms with Crippen LogP contribution in [0.4, 0.5) is 5.69 Å². The summed E-state index contributed by atoms with van der Waals surface area (Å²) in [7, 11) is 0. The fourth-order valence-corrected chi connectivity index (χ4v) is 2.96. The molecule has 0 radical (unpaired) electrons. The molecule has 1 amide bonds. The summed E-state index contributed by atoms with van der Waals surface area (Å²) in [6.07, 6.45) is -0.0211. The fourth-order valence-electron chi connectivity index (χ4n) is 2.96. The molecule has 0 aliphatic carbocycles. The van der Waals surface area contributed by atoms with Crippen molar-refractivity contribution in [1.29, 1.82) is 0 Å². The van der Waals surface area contributed by atoms with E-state index >= 15 is 0 Å². The van der Waals surface area contributed by atoms with Crippen LogP contribution in [-0.2, 0) is 16.0 Å². The van der Waals surface area contributed by atoms with Gasteiger partial charge in [-0.15, -0.1) is 0 Å². The molecule has 0 unspecified atom stereocenters. The fraction of sp³-hybridized carbons (Fsp3) is 0.125. The molecule has 0 aliphatic heterocycles. The number of benzene rings is 3. The predicted octanol–water partition coefficient (Wildman–Crippen LogP) is -1.34. The first-order valence-electron chi connectivity index (χ1n) is 9.58. The molecule has 8 heteroatoms. The van der Waals surface area contributed by atoms with Gasteiger partial charge in [-0.2, -0.15) is 0 Å². The normalized spacial score (nSPS) is 12.5. The number of hydrogen-bond acceptors (Lipinski definition) is 6. The zero-order valence-electron chi connectivity index (χ0n) is 17.5. The Kier molecular flexibility index (Phi) is 9.61. The first-order chi connectivity index (χ1) is 14.9. The summed E-state index contributed by atoms with van der Waals surface area (Å²) < 4.78 is 0. The molecular formula is C24H21N2NaO5. The maximum absolute atomic E-state index is 12.2. The van der Waals surface area contributed by atoms with Gasteiger partial charge in [0, 0.05) is 11.8 Å². The third-order valence-electron chi connectivity index (χ3n) is 4.62. The van der Waals surface area contributed by atoms with Crippen molar-refractivity contribution >= 4 is 23.8 Å². The summed E-state index contributed by atoms with van der Waals surface area (Å²) in [5.74, 6) is -2.03. The molecule has 3 N–H and O–H groups in total. The van der Waals surface area contributed by atoms with Crippen molar-refractivity contribution in [2.75, 3.05) is 0 Å². The zero-order chi connectivity index (χ0) is 22.2. The van der Waals surface area contributed by atoms with E-state index < -0.39 is 24.0 Å². The molecule has 0 aromatic heterocycles. The summed E-state index contributed by atoms with van der Waals surface area (Å²) in [6.45, 7) is 0. The molecule has 0 spiro atoms. The van der Waals surface area contributed by atoms with E-state index in [2.05, 4.69) is 10.3 Å². The Morgan fingerprint density at radius 3 is 2.22 bits per heavy atom. The van der Waals surface area contributed by atoms with Crippen LogP contribution in [0.1, 0.15) is 22.8 Å². The second-order valence-electron chi connectivity index (χ2n) is 6.88. The van der Waals surface area contributed by atoms with E-state index in [0.717, 1.165) is 5.56 Å². The third-order valence-corrected chi connectivity index (χ3v) is 4.62. The molecule has 158 valence electrons. The zero-order valence-corrected chi connectivity index (χ0v) is 19.5. The summed E-state index contributed by atoms with van der Waals surface area (Å²) in [4.78, 5) is 28.0. The number of aliphatic hydroxyl groups excluding tert-OH is 1. The van der Waals surface area contributed by atoms with Gasteiger partial charge in [0.15, 0.2) is 0 Å². The minimum atomic E-state index is -1.60. The van der Waals surface area contributed by atoms with Gasteiger partial charge in [-0.25, -0.2) is 0 Å². The van der Waals surface area contributed by atoms with Crippen molar-refractivity contribution in [2.45, 2.75) is 18.6 Å². The molecule has 0 aliphatic rings. The van der Waals surface area contributed by atoms with Crippen molar-refractivity contribution in [2.24, 2.45) is 4.99 Å². The van der Waals surface area contributed by atoms with Crippen LogP contribution in [0.15, 0.2) is 83.9 Å². The van der Waals surface area contributed by atoms with Gasteiger partial charge in [0.1, 0.15) is 11.9 Å². The van der Waals surface area contributed by atoms with E-state index in [4.69, 9.17) is 0 Å². The second kappa shape index (κ2) is 12.2. The number of phenolic OH excluding ortho intramolecular Hbond substituents is 1. The van der Waals surface area contributed by atoms with Crippen LogP contribution in [0.5, 0.6) is 5.75 Å². The number of rotatable bonds is 8. The van der Waals surface area contributed by atoms with Gasteiger partial charge >= 0.3 is 29.6 Å². The predicted molar refractivity (Wildman–Crippen MR) is 114 cm³/mol. The molecule has 0 fully saturated rings. The van der Waals surface area contributed by atoms with E-state index in [-0.39, 0.29) is 47.3 Å². The van der Waals surface area contributed by atoms with Crippen LogP contribution >= 0.6 is 0 Å². The molecule has 0 heterocycles. The van der Waals surface area contributed by atoms with E-state index in [1.54, 1.807) is 60.7 Å². The molecule has 0 saturated heterocycles. The third kappa shape index (κ3) is 7.03. The monoisotopic (exact) mass is 440 g/mol. The number of para-hydroxylation sites is 1. The minimum Gasteiger partial charge on any atom is -0.548 e. The molecule has 0 bridgehead atoms. The molecule has 3 rings (SSSR count). The number of aliphatic carboxylic acids is 1. The number of carboxylic acids is 1. The quantitative estimate of drug-likeness (QED) is 0.296. The number of carbonyl (C=O) groups excluding carboxylic acids is 2. The number of hydrogen-bond donors (Lipinski definition) is 3. The number of carbonyl (C=O) groups is 2. The molecule has 32 heavy (non-hydrogen) atoms. The van der Waals surface area contributed by atoms with E-state index in [1.807, 2.05) is 6.07 Å². The number of aliphatic hydroxyl groups is 1. The van der Waals surface area contributed by atoms with Crippen molar-refractivity contribution in [1.82, 2.24) is 5.32 Å². The number of phenols is 1. The maximum Gasteiger partial charge on any atom is 1.00 e. The smallest absolute Gasteiger partial charge is 0.548 e. The van der Waals surface area contributed by atoms with Crippen LogP contribution in [0.25, 0.3) is 0 Å². The Morgan fingerprint density at radius 1 is 0.969 bits per heavy atom. The number of nitrogens with zero attached hydrogens (tertiary/aromatic N) is 1. The number of amides is 1. The molecule has 2 atom stereocenters. The molecule has 7 nitrogen and oxygen atoms in total. The molecule has 3 aromatic carbocycles. The first-order valence-corrected chi connectivity index (χ1v) is 9.58. The van der Waals surface area contributed by atoms with Gasteiger partial charge in [0.05, 0.1) is 24.1 Å². The summed E-state index contributed by atoms with van der Waals surface area (Å²) in [5, 5.41) is 34.1. The largest absolute Gasteiger partial charge is 1.00 e. The van der Waals surface area contributed by atoms with Crippen LogP contribution in [0.2, 0.25) is 0 Å². The van der Waals surface area contributed by atoms with Crippen molar-refractivity contribution in [3.8, 4) is 5.75 Å². The van der Waals surface area contributed by atoms with Crippen LogP contribution in [0, 0.1) is 0 Å². The van der Waals surface area contributed by atoms with Crippen LogP contribution in [0.3, 0.4) is 0 Å². The Labute approximate surface area is 207 Å². The van der Waals surface area contributed by atoms with Crippen LogP contribution in [-0.4, -0.2) is 34.3 Å². The van der Waals surface area contributed by atoms with Crippen molar-refractivity contribution < 1.29 is 54.5 Å².